The minimum atomic E-state index is -1.46. The number of aromatic nitrogens is 2. The first kappa shape index (κ1) is 25.4. The van der Waals surface area contributed by atoms with Gasteiger partial charge in [0, 0.05) is 22.2 Å². The Bertz CT molecular complexity index is 1160. The van der Waals surface area contributed by atoms with Gasteiger partial charge in [-0.05, 0) is 11.6 Å². The molecule has 2 aliphatic heterocycles. The van der Waals surface area contributed by atoms with Crippen molar-refractivity contribution in [1.29, 1.82) is 0 Å². The van der Waals surface area contributed by atoms with E-state index >= 15 is 0 Å². The number of nitrogens with one attached hydrogen (secondary N) is 1. The molecule has 4 heterocycles. The predicted molar refractivity (Wildman–Crippen MR) is 118 cm³/mol. The van der Waals surface area contributed by atoms with Gasteiger partial charge in [0.2, 0.25) is 0 Å². The van der Waals surface area contributed by atoms with Gasteiger partial charge in [-0.15, -0.1) is 34.4 Å². The Labute approximate surface area is 222 Å². The third-order valence-corrected chi connectivity index (χ3v) is 7.26. The molecule has 2 atom stereocenters. The second kappa shape index (κ2) is 10.8. The van der Waals surface area contributed by atoms with Gasteiger partial charge < -0.3 is 25.8 Å². The zero-order valence-electron chi connectivity index (χ0n) is 17.4. The average Bonchev–Trinajstić information content (AvgIpc) is 3.45. The van der Waals surface area contributed by atoms with E-state index in [1.807, 2.05) is 0 Å². The van der Waals surface area contributed by atoms with Crippen molar-refractivity contribution < 1.29 is 53.9 Å². The molecule has 0 aliphatic carbocycles. The summed E-state index contributed by atoms with van der Waals surface area (Å²) in [4.78, 5) is 52.0. The largest absolute Gasteiger partial charge is 1.00 e. The molecular formula is C18H15N6NaO5S3. The standard InChI is InChI=1S/C18H16N6O5S3.Na/c1-29-23-11(10-6-31-18(19)21-10)14(25)22-12-15(26)24-13(17(27)28)8(5-30-16(12)24)2-3-9-4-20-7-32-9;/h2-4,6-7,12,16H,5H2,1H3,(H2,19,21)(H,22,25)(H,27,28);/q;+1/p-1/t12?,16-;/m1./s1. The molecule has 1 fully saturated rings. The van der Waals surface area contributed by atoms with E-state index in [4.69, 9.17) is 10.6 Å². The third-order valence-electron chi connectivity index (χ3n) is 4.54. The number of thiazole rings is 2. The Morgan fingerprint density at radius 3 is 2.79 bits per heavy atom. The van der Waals surface area contributed by atoms with E-state index in [0.29, 0.717) is 11.3 Å². The Hall–Kier alpha value is -2.23. The van der Waals surface area contributed by atoms with Crippen LogP contribution in [0.25, 0.3) is 6.08 Å². The molecule has 2 aromatic rings. The maximum atomic E-state index is 12.8. The van der Waals surface area contributed by atoms with Crippen molar-refractivity contribution in [2.45, 2.75) is 11.4 Å². The van der Waals surface area contributed by atoms with E-state index in [2.05, 4.69) is 20.4 Å². The van der Waals surface area contributed by atoms with Crippen LogP contribution in [0.5, 0.6) is 0 Å². The van der Waals surface area contributed by atoms with Crippen LogP contribution in [0, 0.1) is 0 Å². The molecule has 0 saturated carbocycles. The van der Waals surface area contributed by atoms with E-state index < -0.39 is 29.2 Å². The fraction of sp³-hybridized carbons (Fsp3) is 0.222. The van der Waals surface area contributed by atoms with Crippen molar-refractivity contribution in [3.8, 4) is 0 Å². The number of hydrogen-bond donors (Lipinski definition) is 2. The summed E-state index contributed by atoms with van der Waals surface area (Å²) in [6.07, 6.45) is 5.01. The zero-order chi connectivity index (χ0) is 22.8. The first-order chi connectivity index (χ1) is 15.4. The molecule has 166 valence electrons. The van der Waals surface area contributed by atoms with Crippen molar-refractivity contribution >= 4 is 69.1 Å². The number of fused-ring (bicyclic) bond motifs is 1. The predicted octanol–water partition coefficient (Wildman–Crippen LogP) is -3.35. The smallest absolute Gasteiger partial charge is 0.543 e. The van der Waals surface area contributed by atoms with Gasteiger partial charge in [-0.1, -0.05) is 11.2 Å². The molecule has 0 bridgehead atoms. The van der Waals surface area contributed by atoms with E-state index in [1.165, 1.54) is 35.6 Å². The fourth-order valence-corrected chi connectivity index (χ4v) is 5.53. The van der Waals surface area contributed by atoms with E-state index in [0.717, 1.165) is 21.1 Å². The second-order valence-corrected chi connectivity index (χ2v) is 9.37. The van der Waals surface area contributed by atoms with Crippen LogP contribution in [0.15, 0.2) is 39.6 Å². The zero-order valence-corrected chi connectivity index (χ0v) is 21.8. The van der Waals surface area contributed by atoms with Gasteiger partial charge in [-0.25, -0.2) is 4.98 Å². The van der Waals surface area contributed by atoms with Crippen LogP contribution < -0.4 is 45.7 Å². The maximum Gasteiger partial charge on any atom is 1.00 e. The van der Waals surface area contributed by atoms with Gasteiger partial charge in [-0.3, -0.25) is 19.5 Å². The summed E-state index contributed by atoms with van der Waals surface area (Å²) < 4.78 is 0. The molecule has 2 amide bonds. The number of carbonyl (C=O) groups is 3. The minimum absolute atomic E-state index is 0. The number of allylic oxidation sites excluding steroid dienone is 1. The molecule has 2 aliphatic rings. The quantitative estimate of drug-likeness (QED) is 0.166. The van der Waals surface area contributed by atoms with E-state index in [9.17, 15) is 19.5 Å². The first-order valence-corrected chi connectivity index (χ1v) is 11.8. The molecule has 0 aromatic carbocycles. The number of amides is 2. The van der Waals surface area contributed by atoms with Gasteiger partial charge in [-0.2, -0.15) is 0 Å². The summed E-state index contributed by atoms with van der Waals surface area (Å²) in [5.41, 5.74) is 7.57. The van der Waals surface area contributed by atoms with Crippen molar-refractivity contribution in [1.82, 2.24) is 20.2 Å². The summed E-state index contributed by atoms with van der Waals surface area (Å²) in [5, 5.41) is 19.3. The van der Waals surface area contributed by atoms with Crippen molar-refractivity contribution in [2.24, 2.45) is 5.16 Å². The SMILES string of the molecule is CON=C(C(=O)NC1C(=O)N2C(C(=O)[O-])=C(C=Cc3cncs3)CS[C@H]12)c1csc(N)n1.[Na+]. The van der Waals surface area contributed by atoms with Crippen LogP contribution in [0.4, 0.5) is 5.13 Å². The van der Waals surface area contributed by atoms with Gasteiger partial charge in [0.1, 0.15) is 24.2 Å². The number of aliphatic carboxylic acids is 1. The number of hydrogen-bond acceptors (Lipinski definition) is 12. The Kier molecular flexibility index (Phi) is 8.31. The van der Waals surface area contributed by atoms with Crippen molar-refractivity contribution in [3.05, 3.63) is 45.0 Å². The monoisotopic (exact) mass is 514 g/mol. The first-order valence-electron chi connectivity index (χ1n) is 8.99. The number of rotatable bonds is 7. The maximum absolute atomic E-state index is 12.8. The molecule has 1 saturated heterocycles. The average molecular weight is 515 g/mol. The molecule has 3 N–H and O–H groups in total. The van der Waals surface area contributed by atoms with Crippen LogP contribution in [0.1, 0.15) is 10.6 Å². The van der Waals surface area contributed by atoms with Crippen LogP contribution in [-0.4, -0.2) is 62.6 Å². The van der Waals surface area contributed by atoms with Gasteiger partial charge in [0.15, 0.2) is 10.8 Å². The Morgan fingerprint density at radius 1 is 1.39 bits per heavy atom. The number of nitrogen functional groups attached to an aromatic ring is 1. The summed E-state index contributed by atoms with van der Waals surface area (Å²) in [6, 6.07) is -0.938. The molecule has 2 aromatic heterocycles. The molecular weight excluding hydrogens is 499 g/mol. The minimum Gasteiger partial charge on any atom is -0.543 e. The normalized spacial score (nSPS) is 20.2. The molecule has 1 unspecified atom stereocenters. The number of anilines is 1. The summed E-state index contributed by atoms with van der Waals surface area (Å²) in [5.74, 6) is -2.39. The van der Waals surface area contributed by atoms with Crippen molar-refractivity contribution in [3.63, 3.8) is 0 Å². The van der Waals surface area contributed by atoms with Crippen LogP contribution in [0.2, 0.25) is 0 Å². The van der Waals surface area contributed by atoms with Gasteiger partial charge in [0.05, 0.1) is 17.2 Å². The Balaban J connectivity index is 0.00000306. The number of β-lactam (4-membered cyclic amide) rings is 1. The summed E-state index contributed by atoms with van der Waals surface area (Å²) in [6.45, 7) is 0. The number of nitrogens with two attached hydrogens (primary N) is 1. The topological polar surface area (TPSA) is 163 Å². The van der Waals surface area contributed by atoms with Crippen molar-refractivity contribution in [2.75, 3.05) is 18.6 Å². The molecule has 15 heteroatoms. The summed E-state index contributed by atoms with van der Waals surface area (Å²) >= 11 is 3.85. The number of carboxylic acids is 1. The number of thioether (sulfide) groups is 1. The molecule has 0 spiro atoms. The fourth-order valence-electron chi connectivity index (χ4n) is 3.15. The second-order valence-electron chi connectivity index (χ2n) is 6.45. The van der Waals surface area contributed by atoms with Gasteiger partial charge >= 0.3 is 29.6 Å². The Morgan fingerprint density at radius 2 is 2.18 bits per heavy atom. The molecule has 33 heavy (non-hydrogen) atoms. The van der Waals surface area contributed by atoms with E-state index in [-0.39, 0.29) is 51.8 Å². The number of carboxylic acid groups (broad SMARTS) is 1. The van der Waals surface area contributed by atoms with Gasteiger partial charge in [0.25, 0.3) is 11.8 Å². The van der Waals surface area contributed by atoms with Crippen LogP contribution in [-0.2, 0) is 19.2 Å². The van der Waals surface area contributed by atoms with Crippen LogP contribution in [0.3, 0.4) is 0 Å². The molecule has 11 nitrogen and oxygen atoms in total. The number of oxime groups is 1. The number of carbonyl (C=O) groups excluding carboxylic acids is 3. The molecule has 4 rings (SSSR count). The third kappa shape index (κ3) is 5.15. The molecule has 0 radical (unpaired) electrons. The summed E-state index contributed by atoms with van der Waals surface area (Å²) in [7, 11) is 1.27. The van der Waals surface area contributed by atoms with E-state index in [1.54, 1.807) is 23.9 Å². The number of nitrogens with zero attached hydrogens (tertiary/aromatic N) is 4. The van der Waals surface area contributed by atoms with Crippen LogP contribution >= 0.6 is 34.4 Å².